The number of aromatic nitrogens is 2. The van der Waals surface area contributed by atoms with E-state index in [1.165, 1.54) is 12.1 Å². The van der Waals surface area contributed by atoms with Crippen LogP contribution in [0, 0.1) is 19.3 Å². The molecule has 0 unspecified atom stereocenters. The Kier molecular flexibility index (Phi) is 3.93. The van der Waals surface area contributed by atoms with E-state index in [1.54, 1.807) is 13.8 Å². The summed E-state index contributed by atoms with van der Waals surface area (Å²) in [5, 5.41) is 10.2. The zero-order valence-electron chi connectivity index (χ0n) is 11.4. The Morgan fingerprint density at radius 1 is 1.19 bits per heavy atom. The molecule has 2 rings (SSSR count). The molecule has 7 heteroatoms. The van der Waals surface area contributed by atoms with Crippen LogP contribution in [0.2, 0.25) is 0 Å². The minimum absolute atomic E-state index is 0.255. The topological polar surface area (TPSA) is 61.7 Å². The van der Waals surface area contributed by atoms with E-state index in [2.05, 4.69) is 15.3 Å². The molecule has 0 atom stereocenters. The molecule has 0 spiro atoms. The van der Waals surface area contributed by atoms with Gasteiger partial charge in [0.25, 0.3) is 0 Å². The summed E-state index contributed by atoms with van der Waals surface area (Å²) in [6, 6.07) is 4.82. The summed E-state index contributed by atoms with van der Waals surface area (Å²) in [5.74, 6) is 0.793. The third-order valence-corrected chi connectivity index (χ3v) is 2.84. The van der Waals surface area contributed by atoms with Crippen molar-refractivity contribution in [2.24, 2.45) is 0 Å². The van der Waals surface area contributed by atoms with Crippen LogP contribution in [0.1, 0.15) is 22.6 Å². The van der Waals surface area contributed by atoms with Crippen molar-refractivity contribution in [3.05, 3.63) is 46.9 Å². The van der Waals surface area contributed by atoms with Gasteiger partial charge in [0.2, 0.25) is 0 Å². The van der Waals surface area contributed by atoms with E-state index in [0.29, 0.717) is 22.9 Å². The minimum Gasteiger partial charge on any atom is -0.340 e. The zero-order valence-corrected chi connectivity index (χ0v) is 11.4. The second-order valence-corrected chi connectivity index (χ2v) is 4.47. The Morgan fingerprint density at radius 2 is 1.90 bits per heavy atom. The van der Waals surface area contributed by atoms with E-state index in [0.717, 1.165) is 18.3 Å². The van der Waals surface area contributed by atoms with Gasteiger partial charge in [-0.3, -0.25) is 0 Å². The molecule has 0 radical (unpaired) electrons. The van der Waals surface area contributed by atoms with E-state index >= 15 is 0 Å². The lowest BCUT2D eigenvalue weighted by Gasteiger charge is -2.13. The monoisotopic (exact) mass is 294 g/mol. The van der Waals surface area contributed by atoms with Gasteiger partial charge in [0, 0.05) is 11.9 Å². The van der Waals surface area contributed by atoms with Crippen molar-refractivity contribution in [1.29, 1.82) is 5.41 Å². The summed E-state index contributed by atoms with van der Waals surface area (Å²) >= 11 is 0. The van der Waals surface area contributed by atoms with Crippen LogP contribution in [0.3, 0.4) is 0 Å². The molecule has 21 heavy (non-hydrogen) atoms. The van der Waals surface area contributed by atoms with Crippen LogP contribution in [-0.2, 0) is 6.18 Å². The predicted octanol–water partition coefficient (Wildman–Crippen LogP) is 3.85. The fraction of sp³-hybridized carbons (Fsp3) is 0.214. The summed E-state index contributed by atoms with van der Waals surface area (Å²) in [4.78, 5) is 8.26. The number of anilines is 2. The number of hydrogen-bond acceptors (Lipinski definition) is 4. The first kappa shape index (κ1) is 15.0. The third-order valence-electron chi connectivity index (χ3n) is 2.84. The predicted molar refractivity (Wildman–Crippen MR) is 74.1 cm³/mol. The minimum atomic E-state index is -4.40. The van der Waals surface area contributed by atoms with Gasteiger partial charge in [-0.15, -0.1) is 0 Å². The molecular weight excluding hydrogens is 281 g/mol. The quantitative estimate of drug-likeness (QED) is 0.845. The first-order valence-electron chi connectivity index (χ1n) is 6.11. The Balaban J connectivity index is 2.41. The first-order valence-corrected chi connectivity index (χ1v) is 6.11. The smallest absolute Gasteiger partial charge is 0.340 e. The molecule has 110 valence electrons. The van der Waals surface area contributed by atoms with E-state index in [1.807, 2.05) is 0 Å². The lowest BCUT2D eigenvalue weighted by molar-refractivity contribution is -0.137. The normalized spacial score (nSPS) is 11.3. The number of aryl methyl sites for hydroxylation is 2. The number of hydrogen-bond donors (Lipinski definition) is 2. The highest BCUT2D eigenvalue weighted by Crippen LogP contribution is 2.31. The maximum absolute atomic E-state index is 12.7. The van der Waals surface area contributed by atoms with Crippen molar-refractivity contribution < 1.29 is 13.2 Å². The van der Waals surface area contributed by atoms with E-state index < -0.39 is 11.7 Å². The van der Waals surface area contributed by atoms with Gasteiger partial charge >= 0.3 is 6.18 Å². The van der Waals surface area contributed by atoms with Gasteiger partial charge in [-0.25, -0.2) is 9.97 Å². The first-order chi connectivity index (χ1) is 9.81. The Hall–Kier alpha value is -2.44. The molecule has 0 saturated carbocycles. The summed E-state index contributed by atoms with van der Waals surface area (Å²) in [7, 11) is 0. The molecular formula is C14H13F3N4. The van der Waals surface area contributed by atoms with E-state index in [4.69, 9.17) is 5.41 Å². The molecule has 2 aromatic rings. The summed E-state index contributed by atoms with van der Waals surface area (Å²) in [6.45, 7) is 3.39. The fourth-order valence-corrected chi connectivity index (χ4v) is 1.90. The molecule has 1 heterocycles. The highest BCUT2D eigenvalue weighted by molar-refractivity contribution is 5.87. The Morgan fingerprint density at radius 3 is 2.52 bits per heavy atom. The van der Waals surface area contributed by atoms with Crippen molar-refractivity contribution in [3.63, 3.8) is 0 Å². The molecule has 0 aliphatic heterocycles. The molecule has 0 saturated heterocycles. The second kappa shape index (κ2) is 5.51. The molecule has 0 fully saturated rings. The van der Waals surface area contributed by atoms with Crippen LogP contribution >= 0.6 is 0 Å². The molecule has 4 nitrogen and oxygen atoms in total. The average molecular weight is 294 g/mol. The number of nitrogens with one attached hydrogen (secondary N) is 2. The zero-order chi connectivity index (χ0) is 15.6. The molecule has 0 bridgehead atoms. The van der Waals surface area contributed by atoms with Gasteiger partial charge in [0.05, 0.1) is 16.8 Å². The lowest BCUT2D eigenvalue weighted by Crippen LogP contribution is -2.07. The highest BCUT2D eigenvalue weighted by atomic mass is 19.4. The van der Waals surface area contributed by atoms with Crippen LogP contribution in [0.5, 0.6) is 0 Å². The van der Waals surface area contributed by atoms with E-state index in [9.17, 15) is 13.2 Å². The fourth-order valence-electron chi connectivity index (χ4n) is 1.90. The number of alkyl halides is 3. The number of nitrogens with zero attached hydrogens (tertiary/aromatic N) is 2. The van der Waals surface area contributed by atoms with Gasteiger partial charge in [-0.05, 0) is 32.0 Å². The van der Waals surface area contributed by atoms with Crippen molar-refractivity contribution in [2.45, 2.75) is 20.0 Å². The van der Waals surface area contributed by atoms with Gasteiger partial charge < -0.3 is 10.7 Å². The summed E-state index contributed by atoms with van der Waals surface area (Å²) in [6.07, 6.45) is -3.33. The highest BCUT2D eigenvalue weighted by Gasteiger charge is 2.30. The second-order valence-electron chi connectivity index (χ2n) is 4.47. The van der Waals surface area contributed by atoms with Gasteiger partial charge in [0.15, 0.2) is 0 Å². The number of halogens is 3. The van der Waals surface area contributed by atoms with Gasteiger partial charge in [0.1, 0.15) is 11.6 Å². The largest absolute Gasteiger partial charge is 0.416 e. The van der Waals surface area contributed by atoms with Crippen LogP contribution < -0.4 is 5.32 Å². The summed E-state index contributed by atoms with van der Waals surface area (Å²) < 4.78 is 38.1. The van der Waals surface area contributed by atoms with Crippen molar-refractivity contribution in [1.82, 2.24) is 9.97 Å². The standard InChI is InChI=1S/C14H13F3N4/c1-8-12(7-18)13(20-9(2)19-8)21-11-5-3-4-10(6-11)14(15,16)17/h3-7,18H,1-2H3,(H,19,20,21). The van der Waals surface area contributed by atoms with Crippen molar-refractivity contribution in [2.75, 3.05) is 5.32 Å². The van der Waals surface area contributed by atoms with Crippen LogP contribution in [0.15, 0.2) is 24.3 Å². The molecule has 1 aromatic carbocycles. The maximum Gasteiger partial charge on any atom is 0.416 e. The summed E-state index contributed by atoms with van der Waals surface area (Å²) in [5.41, 5.74) is 0.543. The van der Waals surface area contributed by atoms with Gasteiger partial charge in [-0.2, -0.15) is 13.2 Å². The van der Waals surface area contributed by atoms with Crippen molar-refractivity contribution >= 4 is 17.7 Å². The number of rotatable bonds is 3. The van der Waals surface area contributed by atoms with Crippen LogP contribution in [0.4, 0.5) is 24.7 Å². The van der Waals surface area contributed by atoms with Crippen LogP contribution in [-0.4, -0.2) is 16.2 Å². The number of benzene rings is 1. The van der Waals surface area contributed by atoms with Crippen molar-refractivity contribution in [3.8, 4) is 0 Å². The third kappa shape index (κ3) is 3.36. The molecule has 2 N–H and O–H groups in total. The Labute approximate surface area is 119 Å². The van der Waals surface area contributed by atoms with E-state index in [-0.39, 0.29) is 5.69 Å². The maximum atomic E-state index is 12.7. The Bertz CT molecular complexity index is 680. The van der Waals surface area contributed by atoms with Gasteiger partial charge in [-0.1, -0.05) is 6.07 Å². The lowest BCUT2D eigenvalue weighted by atomic mass is 10.2. The molecule has 1 aromatic heterocycles. The molecule has 0 aliphatic rings. The SMILES string of the molecule is Cc1nc(C)c(C=N)c(Nc2cccc(C(F)(F)F)c2)n1. The molecule has 0 amide bonds. The van der Waals surface area contributed by atoms with Crippen LogP contribution in [0.25, 0.3) is 0 Å². The molecule has 0 aliphatic carbocycles. The average Bonchev–Trinajstić information content (AvgIpc) is 2.37.